The van der Waals surface area contributed by atoms with Gasteiger partial charge in [-0.1, -0.05) is 208 Å². The minimum Gasteiger partial charge on any atom is -0.456 e. The molecule has 4 bridgehead atoms. The third-order valence-electron chi connectivity index (χ3n) is 16.4. The van der Waals surface area contributed by atoms with Crippen LogP contribution in [0, 0.1) is 58.8 Å². The van der Waals surface area contributed by atoms with Crippen LogP contribution in [-0.2, 0) is 5.41 Å². The first-order valence-corrected chi connectivity index (χ1v) is 26.6. The van der Waals surface area contributed by atoms with Gasteiger partial charge < -0.3 is 4.42 Å². The van der Waals surface area contributed by atoms with Gasteiger partial charge in [-0.15, -0.1) is 0 Å². The molecule has 0 N–H and O–H groups in total. The number of furan rings is 1. The van der Waals surface area contributed by atoms with Gasteiger partial charge in [-0.2, -0.15) is 0 Å². The molecule has 4 saturated carbocycles. The summed E-state index contributed by atoms with van der Waals surface area (Å²) in [6, 6.07) is 55.2. The quantitative estimate of drug-likeness (QED) is 0.0676. The van der Waals surface area contributed by atoms with Crippen LogP contribution >= 0.6 is 7.92 Å². The summed E-state index contributed by atoms with van der Waals surface area (Å²) in [4.78, 5) is 0. The lowest BCUT2D eigenvalue weighted by atomic mass is 9.34. The lowest BCUT2D eigenvalue weighted by Gasteiger charge is -2.63. The van der Waals surface area contributed by atoms with E-state index in [-0.39, 0.29) is 17.5 Å². The Morgan fingerprint density at radius 1 is 0.618 bits per heavy atom. The van der Waals surface area contributed by atoms with E-state index >= 15 is 0 Å². The summed E-state index contributed by atoms with van der Waals surface area (Å²) in [7, 11) is -0.483. The number of fused-ring (bicyclic) bond motifs is 3. The number of hydrogen-bond donors (Lipinski definition) is 0. The van der Waals surface area contributed by atoms with Crippen molar-refractivity contribution in [2.24, 2.45) is 17.3 Å². The molecule has 12 rings (SSSR count). The molecule has 3 heteroatoms. The Hall–Kier alpha value is -5.95. The summed E-state index contributed by atoms with van der Waals surface area (Å²) in [5.41, 5.74) is 19.9. The predicted octanol–water partition coefficient (Wildman–Crippen LogP) is 14.3. The molecule has 1 aromatic heterocycles. The minimum absolute atomic E-state index is 0.108. The van der Waals surface area contributed by atoms with Gasteiger partial charge >= 0.3 is 0 Å². The normalized spacial score (nSPS) is 21.1. The number of hydrogen-bond acceptors (Lipinski definition) is 1. The molecular formula is C65H64BOP. The maximum absolute atomic E-state index is 6.58. The fraction of sp³-hybridized carbons (Fsp3) is 0.262. The van der Waals surface area contributed by atoms with Crippen molar-refractivity contribution in [1.82, 2.24) is 0 Å². The van der Waals surface area contributed by atoms with E-state index in [4.69, 9.17) is 4.42 Å². The van der Waals surface area contributed by atoms with Crippen molar-refractivity contribution in [2.75, 3.05) is 6.16 Å². The van der Waals surface area contributed by atoms with Gasteiger partial charge in [0.1, 0.15) is 11.2 Å². The molecule has 0 saturated heterocycles. The molecule has 4 aliphatic carbocycles. The molecule has 0 spiro atoms. The highest BCUT2D eigenvalue weighted by atomic mass is 31.1. The van der Waals surface area contributed by atoms with E-state index in [0.717, 1.165) is 29.2 Å². The van der Waals surface area contributed by atoms with Crippen molar-refractivity contribution in [3.63, 3.8) is 0 Å². The summed E-state index contributed by atoms with van der Waals surface area (Å²) in [5, 5.41) is 5.23. The lowest BCUT2D eigenvalue weighted by molar-refractivity contribution is -0.0499. The van der Waals surface area contributed by atoms with Crippen molar-refractivity contribution in [3.8, 4) is 11.1 Å². The fourth-order valence-electron chi connectivity index (χ4n) is 14.3. The smallest absolute Gasteiger partial charge is 0.242 e. The highest BCUT2D eigenvalue weighted by molar-refractivity contribution is 7.73. The van der Waals surface area contributed by atoms with E-state index in [2.05, 4.69) is 212 Å². The molecule has 4 fully saturated rings. The molecule has 4 aliphatic rings. The fourth-order valence-corrected chi connectivity index (χ4v) is 16.4. The average molecular weight is 903 g/mol. The largest absolute Gasteiger partial charge is 0.456 e. The summed E-state index contributed by atoms with van der Waals surface area (Å²) >= 11 is 0. The highest BCUT2D eigenvalue weighted by Crippen LogP contribution is 2.68. The Labute approximate surface area is 407 Å². The van der Waals surface area contributed by atoms with Crippen LogP contribution in [0.1, 0.15) is 77.5 Å². The van der Waals surface area contributed by atoms with Crippen molar-refractivity contribution in [1.29, 1.82) is 0 Å². The van der Waals surface area contributed by atoms with Crippen LogP contribution in [-0.4, -0.2) is 12.9 Å². The number of benzene rings is 7. The van der Waals surface area contributed by atoms with Gasteiger partial charge in [0.2, 0.25) is 6.71 Å². The maximum atomic E-state index is 6.58. The Balaban J connectivity index is 0.905. The molecule has 2 atom stereocenters. The number of allylic oxidation sites excluding steroid dienone is 5. The van der Waals surface area contributed by atoms with Crippen molar-refractivity contribution in [3.05, 3.63) is 221 Å². The Morgan fingerprint density at radius 3 is 1.71 bits per heavy atom. The molecule has 338 valence electrons. The molecule has 0 amide bonds. The van der Waals surface area contributed by atoms with Crippen LogP contribution in [0.15, 0.2) is 186 Å². The molecule has 0 radical (unpaired) electrons. The van der Waals surface area contributed by atoms with Crippen LogP contribution in [0.5, 0.6) is 0 Å². The zero-order valence-corrected chi connectivity index (χ0v) is 41.8. The average Bonchev–Trinajstić information content (AvgIpc) is 3.69. The van der Waals surface area contributed by atoms with Gasteiger partial charge in [-0.05, 0) is 168 Å². The monoisotopic (exact) mass is 902 g/mol. The first-order valence-electron chi connectivity index (χ1n) is 25.1. The van der Waals surface area contributed by atoms with Crippen LogP contribution in [0.3, 0.4) is 0 Å². The second-order valence-corrected chi connectivity index (χ2v) is 23.5. The predicted molar refractivity (Wildman–Crippen MR) is 295 cm³/mol. The summed E-state index contributed by atoms with van der Waals surface area (Å²) in [6.07, 6.45) is 18.3. The van der Waals surface area contributed by atoms with Gasteiger partial charge in [0, 0.05) is 10.8 Å². The van der Waals surface area contributed by atoms with Crippen LogP contribution in [0.25, 0.3) is 33.1 Å². The van der Waals surface area contributed by atoms with E-state index in [1.54, 1.807) is 0 Å². The molecular weight excluding hydrogens is 838 g/mol. The van der Waals surface area contributed by atoms with E-state index in [1.165, 1.54) is 132 Å². The first kappa shape index (κ1) is 44.6. The molecule has 1 nitrogen and oxygen atoms in total. The highest BCUT2D eigenvalue weighted by Gasteiger charge is 2.58. The van der Waals surface area contributed by atoms with Gasteiger partial charge in [-0.3, -0.25) is 0 Å². The molecule has 1 heterocycles. The molecule has 0 aliphatic heterocycles. The maximum Gasteiger partial charge on any atom is 0.242 e. The zero-order valence-electron chi connectivity index (χ0n) is 40.9. The van der Waals surface area contributed by atoms with E-state index < -0.39 is 7.92 Å². The molecule has 68 heavy (non-hydrogen) atoms. The van der Waals surface area contributed by atoms with E-state index in [9.17, 15) is 0 Å². The minimum atomic E-state index is -0.483. The van der Waals surface area contributed by atoms with Gasteiger partial charge in [0.15, 0.2) is 0 Å². The molecule has 7 aromatic carbocycles. The lowest BCUT2D eigenvalue weighted by Crippen LogP contribution is -2.55. The standard InChI is InChI=1S/C65H64BOP/c1-8-16-53(17-15-30-68(56-18-11-9-12-19-56)57-20-13-10-14-21-57)64-38-49-35-50(39-64)41-65(40-49,42-64)54-25-22-51(23-26-54)52-24-28-60-58(36-52)59-37-55(27-29-61(59)67-60)66(62-45(4)31-43(2)32-46(62)5)63-47(6)33-44(3)34-48(63)7/h8-29,31-34,36-37,49-50H,1,30,35,38-42H2,2-7H3/b17-15-,53-16+. The van der Waals surface area contributed by atoms with Crippen LogP contribution in [0.2, 0.25) is 0 Å². The van der Waals surface area contributed by atoms with Crippen LogP contribution in [0.4, 0.5) is 0 Å². The Kier molecular flexibility index (Phi) is 11.7. The molecule has 8 aromatic rings. The third kappa shape index (κ3) is 8.07. The van der Waals surface area contributed by atoms with E-state index in [0.29, 0.717) is 0 Å². The van der Waals surface area contributed by atoms with Gasteiger partial charge in [0.05, 0.1) is 0 Å². The first-order chi connectivity index (χ1) is 33.0. The summed E-state index contributed by atoms with van der Waals surface area (Å²) in [6.45, 7) is 17.9. The Morgan fingerprint density at radius 2 is 1.15 bits per heavy atom. The number of rotatable bonds is 12. The van der Waals surface area contributed by atoms with Gasteiger partial charge in [0.25, 0.3) is 0 Å². The summed E-state index contributed by atoms with van der Waals surface area (Å²) in [5.74, 6) is 1.53. The summed E-state index contributed by atoms with van der Waals surface area (Å²) < 4.78 is 6.58. The molecule has 2 unspecified atom stereocenters. The Bertz CT molecular complexity index is 3100. The second kappa shape index (κ2) is 17.9. The second-order valence-electron chi connectivity index (χ2n) is 21.3. The zero-order chi connectivity index (χ0) is 46.7. The topological polar surface area (TPSA) is 13.1 Å². The SMILES string of the molecule is C=C/C=C(\C=C/CP(c1ccccc1)c1ccccc1)C12CC3CC(C1)CC(c1ccc(-c4ccc5oc6ccc(B(c7c(C)cc(C)cc7C)c7c(C)cc(C)cc7C)cc6c5c4)cc1)(C3)C2. The van der Waals surface area contributed by atoms with Crippen molar-refractivity contribution in [2.45, 2.75) is 85.5 Å². The van der Waals surface area contributed by atoms with Crippen LogP contribution < -0.4 is 27.0 Å². The van der Waals surface area contributed by atoms with E-state index in [1.807, 2.05) is 6.08 Å². The third-order valence-corrected chi connectivity index (χ3v) is 18.8. The van der Waals surface area contributed by atoms with Gasteiger partial charge in [-0.25, -0.2) is 0 Å². The van der Waals surface area contributed by atoms with Crippen molar-refractivity contribution >= 4 is 63.6 Å². The number of aryl methyl sites for hydroxylation is 6. The van der Waals surface area contributed by atoms with Crippen molar-refractivity contribution < 1.29 is 4.42 Å².